The molecule has 8 nitrogen and oxygen atoms in total. The number of nitrogens with one attached hydrogen (secondary N) is 2. The zero-order valence-corrected chi connectivity index (χ0v) is 11.4. The van der Waals surface area contributed by atoms with Gasteiger partial charge in [0.05, 0.1) is 12.7 Å². The normalized spacial score (nSPS) is 12.0. The van der Waals surface area contributed by atoms with Crippen molar-refractivity contribution in [3.05, 3.63) is 0 Å². The molecule has 0 aliphatic heterocycles. The summed E-state index contributed by atoms with van der Waals surface area (Å²) in [6.07, 6.45) is 2.06. The van der Waals surface area contributed by atoms with Crippen LogP contribution in [0.4, 0.5) is 11.9 Å². The number of nitrogens with two attached hydrogens (primary N) is 1. The third-order valence-corrected chi connectivity index (χ3v) is 2.30. The Morgan fingerprint density at radius 2 is 1.95 bits per heavy atom. The number of hydrazine groups is 1. The molecule has 8 heteroatoms. The summed E-state index contributed by atoms with van der Waals surface area (Å²) in [7, 11) is 0. The van der Waals surface area contributed by atoms with E-state index in [4.69, 9.17) is 10.6 Å². The molecule has 19 heavy (non-hydrogen) atoms. The molecule has 0 saturated heterocycles. The first-order valence-corrected chi connectivity index (χ1v) is 6.47. The highest BCUT2D eigenvalue weighted by Gasteiger charge is 2.08. The highest BCUT2D eigenvalue weighted by atomic mass is 16.5. The monoisotopic (exact) mass is 270 g/mol. The van der Waals surface area contributed by atoms with Gasteiger partial charge >= 0.3 is 6.01 Å². The summed E-state index contributed by atoms with van der Waals surface area (Å²) in [4.78, 5) is 12.1. The molecule has 1 atom stereocenters. The molecule has 1 rings (SSSR count). The second-order valence-corrected chi connectivity index (χ2v) is 4.08. The third-order valence-electron chi connectivity index (χ3n) is 2.30. The maximum absolute atomic E-state index is 9.64. The van der Waals surface area contributed by atoms with Crippen molar-refractivity contribution in [2.45, 2.75) is 39.2 Å². The van der Waals surface area contributed by atoms with Crippen LogP contribution in [0.25, 0.3) is 0 Å². The van der Waals surface area contributed by atoms with Crippen LogP contribution in [0.5, 0.6) is 6.01 Å². The van der Waals surface area contributed by atoms with Crippen LogP contribution in [-0.2, 0) is 0 Å². The van der Waals surface area contributed by atoms with Crippen LogP contribution < -0.4 is 21.3 Å². The highest BCUT2D eigenvalue weighted by Crippen LogP contribution is 2.11. The van der Waals surface area contributed by atoms with Crippen LogP contribution in [0.15, 0.2) is 0 Å². The average molecular weight is 270 g/mol. The molecule has 1 heterocycles. The Kier molecular flexibility index (Phi) is 6.83. The zero-order chi connectivity index (χ0) is 14.1. The topological polar surface area (TPSA) is 118 Å². The summed E-state index contributed by atoms with van der Waals surface area (Å²) in [6.45, 7) is 4.89. The van der Waals surface area contributed by atoms with Gasteiger partial charge in [0.2, 0.25) is 11.9 Å². The van der Waals surface area contributed by atoms with E-state index in [1.807, 2.05) is 13.8 Å². The molecule has 108 valence electrons. The number of hydrogen-bond donors (Lipinski definition) is 4. The summed E-state index contributed by atoms with van der Waals surface area (Å²) in [5.41, 5.74) is 2.35. The van der Waals surface area contributed by atoms with Crippen molar-refractivity contribution in [3.8, 4) is 6.01 Å². The van der Waals surface area contributed by atoms with Gasteiger partial charge in [0.1, 0.15) is 0 Å². The summed E-state index contributed by atoms with van der Waals surface area (Å²) < 4.78 is 5.33. The minimum atomic E-state index is -0.434. The van der Waals surface area contributed by atoms with Crippen molar-refractivity contribution in [1.29, 1.82) is 0 Å². The summed E-state index contributed by atoms with van der Waals surface area (Å²) in [5, 5.41) is 12.6. The van der Waals surface area contributed by atoms with Gasteiger partial charge in [-0.25, -0.2) is 5.84 Å². The number of aromatic nitrogens is 3. The van der Waals surface area contributed by atoms with E-state index in [0.717, 1.165) is 19.3 Å². The fraction of sp³-hybridized carbons (Fsp3) is 0.727. The number of aliphatic hydroxyl groups is 1. The highest BCUT2D eigenvalue weighted by molar-refractivity contribution is 5.34. The van der Waals surface area contributed by atoms with Crippen LogP contribution in [0.2, 0.25) is 0 Å². The molecule has 0 spiro atoms. The van der Waals surface area contributed by atoms with E-state index < -0.39 is 6.10 Å². The van der Waals surface area contributed by atoms with Gasteiger partial charge in [-0.05, 0) is 12.8 Å². The van der Waals surface area contributed by atoms with E-state index in [0.29, 0.717) is 19.1 Å². The SMILES string of the molecule is CCCOc1nc(NN)nc(NCC(O)CCC)n1. The lowest BCUT2D eigenvalue weighted by atomic mass is 10.2. The van der Waals surface area contributed by atoms with Crippen LogP contribution in [-0.4, -0.2) is 39.3 Å². The van der Waals surface area contributed by atoms with E-state index in [-0.39, 0.29) is 12.0 Å². The maximum Gasteiger partial charge on any atom is 0.323 e. The Labute approximate surface area is 112 Å². The van der Waals surface area contributed by atoms with Gasteiger partial charge in [-0.15, -0.1) is 0 Å². The molecule has 0 radical (unpaired) electrons. The van der Waals surface area contributed by atoms with Crippen molar-refractivity contribution in [1.82, 2.24) is 15.0 Å². The number of anilines is 2. The molecule has 0 bridgehead atoms. The summed E-state index contributed by atoms with van der Waals surface area (Å²) in [6, 6.07) is 0.206. The van der Waals surface area contributed by atoms with Gasteiger partial charge in [0, 0.05) is 6.54 Å². The number of aliphatic hydroxyl groups excluding tert-OH is 1. The average Bonchev–Trinajstić information content (AvgIpc) is 2.43. The first-order chi connectivity index (χ1) is 9.19. The Balaban J connectivity index is 2.65. The van der Waals surface area contributed by atoms with Crippen molar-refractivity contribution >= 4 is 11.9 Å². The lowest BCUT2D eigenvalue weighted by Crippen LogP contribution is -2.21. The van der Waals surface area contributed by atoms with Crippen LogP contribution >= 0.6 is 0 Å². The number of hydrogen-bond acceptors (Lipinski definition) is 8. The predicted molar refractivity (Wildman–Crippen MR) is 72.8 cm³/mol. The molecule has 1 unspecified atom stereocenters. The second kappa shape index (κ2) is 8.44. The second-order valence-electron chi connectivity index (χ2n) is 4.08. The summed E-state index contributed by atoms with van der Waals surface area (Å²) in [5.74, 6) is 5.82. The Morgan fingerprint density at radius 1 is 1.21 bits per heavy atom. The Morgan fingerprint density at radius 3 is 2.58 bits per heavy atom. The van der Waals surface area contributed by atoms with Crippen LogP contribution in [0, 0.1) is 0 Å². The minimum Gasteiger partial charge on any atom is -0.463 e. The van der Waals surface area contributed by atoms with Gasteiger partial charge in [0.25, 0.3) is 0 Å². The lowest BCUT2D eigenvalue weighted by molar-refractivity contribution is 0.176. The number of nitrogen functional groups attached to an aromatic ring is 1. The largest absolute Gasteiger partial charge is 0.463 e. The fourth-order valence-electron chi connectivity index (χ4n) is 1.40. The first kappa shape index (κ1) is 15.4. The lowest BCUT2D eigenvalue weighted by Gasteiger charge is -2.12. The number of rotatable bonds is 9. The molecule has 0 aliphatic carbocycles. The van der Waals surface area contributed by atoms with Crippen molar-refractivity contribution < 1.29 is 9.84 Å². The standard InChI is InChI=1S/C11H22N6O2/c1-3-5-8(18)7-13-9-14-10(17-12)16-11(15-9)19-6-4-2/h8,18H,3-7,12H2,1-2H3,(H2,13,14,15,16,17). The first-order valence-electron chi connectivity index (χ1n) is 6.47. The Bertz CT molecular complexity index is 376. The molecule has 0 aromatic carbocycles. The van der Waals surface area contributed by atoms with Crippen LogP contribution in [0.1, 0.15) is 33.1 Å². The predicted octanol–water partition coefficient (Wildman–Crippen LogP) is 0.519. The smallest absolute Gasteiger partial charge is 0.323 e. The van der Waals surface area contributed by atoms with E-state index in [1.54, 1.807) is 0 Å². The van der Waals surface area contributed by atoms with Gasteiger partial charge < -0.3 is 15.2 Å². The van der Waals surface area contributed by atoms with Crippen molar-refractivity contribution in [3.63, 3.8) is 0 Å². The molecule has 1 aromatic heterocycles. The quantitative estimate of drug-likeness (QED) is 0.379. The molecule has 0 amide bonds. The molecule has 0 saturated carbocycles. The van der Waals surface area contributed by atoms with Gasteiger partial charge in [0.15, 0.2) is 0 Å². The molecular formula is C11H22N6O2. The van der Waals surface area contributed by atoms with Gasteiger partial charge in [-0.3, -0.25) is 5.43 Å². The number of nitrogens with zero attached hydrogens (tertiary/aromatic N) is 3. The summed E-state index contributed by atoms with van der Waals surface area (Å²) >= 11 is 0. The fourth-order valence-corrected chi connectivity index (χ4v) is 1.40. The molecule has 5 N–H and O–H groups in total. The van der Waals surface area contributed by atoms with E-state index in [1.165, 1.54) is 0 Å². The van der Waals surface area contributed by atoms with E-state index in [2.05, 4.69) is 25.7 Å². The Hall–Kier alpha value is -1.67. The minimum absolute atomic E-state index is 0.206. The maximum atomic E-state index is 9.64. The zero-order valence-electron chi connectivity index (χ0n) is 11.4. The molecule has 1 aromatic rings. The number of ether oxygens (including phenoxy) is 1. The van der Waals surface area contributed by atoms with Crippen molar-refractivity contribution in [2.75, 3.05) is 23.9 Å². The van der Waals surface area contributed by atoms with Crippen molar-refractivity contribution in [2.24, 2.45) is 5.84 Å². The van der Waals surface area contributed by atoms with E-state index in [9.17, 15) is 5.11 Å². The molecule has 0 aliphatic rings. The third kappa shape index (κ3) is 5.66. The molecule has 0 fully saturated rings. The van der Waals surface area contributed by atoms with E-state index >= 15 is 0 Å². The van der Waals surface area contributed by atoms with Gasteiger partial charge in [-0.2, -0.15) is 15.0 Å². The van der Waals surface area contributed by atoms with Crippen LogP contribution in [0.3, 0.4) is 0 Å². The van der Waals surface area contributed by atoms with Gasteiger partial charge in [-0.1, -0.05) is 20.3 Å². The molecular weight excluding hydrogens is 248 g/mol.